The van der Waals surface area contributed by atoms with E-state index < -0.39 is 0 Å². The van der Waals surface area contributed by atoms with Crippen molar-refractivity contribution in [2.45, 2.75) is 13.5 Å². The normalized spacial score (nSPS) is 10.2. The van der Waals surface area contributed by atoms with Crippen LogP contribution in [0, 0.1) is 6.92 Å². The fourth-order valence-electron chi connectivity index (χ4n) is 1.69. The molecule has 0 spiro atoms. The molecule has 2 N–H and O–H groups in total. The van der Waals surface area contributed by atoms with E-state index in [2.05, 4.69) is 4.98 Å². The zero-order valence-electron chi connectivity index (χ0n) is 11.1. The van der Waals surface area contributed by atoms with Crippen molar-refractivity contribution < 1.29 is 4.74 Å². The number of thiocarbonyl (C=S) groups is 1. The quantitative estimate of drug-likeness (QED) is 0.839. The van der Waals surface area contributed by atoms with Gasteiger partial charge in [-0.1, -0.05) is 24.4 Å². The Balaban J connectivity index is 1.97. The van der Waals surface area contributed by atoms with Crippen LogP contribution in [0.15, 0.2) is 41.5 Å². The average Bonchev–Trinajstić information content (AvgIpc) is 2.41. The molecule has 0 amide bonds. The van der Waals surface area contributed by atoms with E-state index in [0.29, 0.717) is 29.6 Å². The van der Waals surface area contributed by atoms with Gasteiger partial charge in [-0.25, -0.2) is 4.98 Å². The van der Waals surface area contributed by atoms with Crippen LogP contribution in [0.3, 0.4) is 0 Å². The molecule has 2 rings (SSSR count). The average molecular weight is 289 g/mol. The largest absolute Gasteiger partial charge is 0.492 e. The predicted octanol–water partition coefficient (Wildman–Crippen LogP) is 1.26. The molecule has 0 unspecified atom stereocenters. The first-order valence-corrected chi connectivity index (χ1v) is 6.53. The Kier molecular flexibility index (Phi) is 4.47. The monoisotopic (exact) mass is 289 g/mol. The molecule has 0 radical (unpaired) electrons. The molecule has 20 heavy (non-hydrogen) atoms. The highest BCUT2D eigenvalue weighted by Gasteiger charge is 2.01. The highest BCUT2D eigenvalue weighted by molar-refractivity contribution is 7.80. The van der Waals surface area contributed by atoms with Gasteiger partial charge >= 0.3 is 0 Å². The molecule has 0 aliphatic heterocycles. The van der Waals surface area contributed by atoms with E-state index in [1.807, 2.05) is 18.2 Å². The fraction of sp³-hybridized carbons (Fsp3) is 0.214. The molecule has 1 aromatic carbocycles. The summed E-state index contributed by atoms with van der Waals surface area (Å²) in [7, 11) is 0. The summed E-state index contributed by atoms with van der Waals surface area (Å²) in [5.41, 5.74) is 6.93. The van der Waals surface area contributed by atoms with Crippen molar-refractivity contribution in [2.75, 3.05) is 6.61 Å². The maximum absolute atomic E-state index is 11.7. The van der Waals surface area contributed by atoms with Gasteiger partial charge in [0.1, 0.15) is 17.3 Å². The molecule has 0 saturated carbocycles. The Morgan fingerprint density at radius 1 is 1.45 bits per heavy atom. The number of benzene rings is 1. The second-order valence-corrected chi connectivity index (χ2v) is 4.74. The lowest BCUT2D eigenvalue weighted by Crippen LogP contribution is -2.23. The molecule has 6 heteroatoms. The molecule has 5 nitrogen and oxygen atoms in total. The molecule has 0 atom stereocenters. The third-order valence-electron chi connectivity index (χ3n) is 2.74. The first-order chi connectivity index (χ1) is 9.56. The Bertz CT molecular complexity index is 682. The second kappa shape index (κ2) is 6.29. The minimum Gasteiger partial charge on any atom is -0.492 e. The highest BCUT2D eigenvalue weighted by atomic mass is 32.1. The van der Waals surface area contributed by atoms with Gasteiger partial charge in [-0.3, -0.25) is 9.36 Å². The number of nitrogens with zero attached hydrogens (tertiary/aromatic N) is 2. The minimum atomic E-state index is -0.0852. The zero-order chi connectivity index (χ0) is 14.5. The third-order valence-corrected chi connectivity index (χ3v) is 2.97. The van der Waals surface area contributed by atoms with Crippen molar-refractivity contribution in [1.82, 2.24) is 9.55 Å². The molecule has 0 aliphatic rings. The molecular weight excluding hydrogens is 274 g/mol. The molecule has 104 valence electrons. The molecule has 0 fully saturated rings. The Morgan fingerprint density at radius 3 is 2.95 bits per heavy atom. The Labute approximate surface area is 122 Å². The fourth-order valence-corrected chi connectivity index (χ4v) is 1.81. The summed E-state index contributed by atoms with van der Waals surface area (Å²) in [5, 5.41) is 0. The van der Waals surface area contributed by atoms with E-state index in [-0.39, 0.29) is 5.56 Å². The number of aryl methyl sites for hydroxylation is 1. The third kappa shape index (κ3) is 3.64. The maximum atomic E-state index is 11.7. The molecule has 1 aromatic heterocycles. The van der Waals surface area contributed by atoms with Crippen molar-refractivity contribution in [3.05, 3.63) is 58.3 Å². The van der Waals surface area contributed by atoms with E-state index in [9.17, 15) is 4.79 Å². The van der Waals surface area contributed by atoms with Crippen LogP contribution in [0.4, 0.5) is 0 Å². The van der Waals surface area contributed by atoms with Gasteiger partial charge in [0.15, 0.2) is 0 Å². The first kappa shape index (κ1) is 14.2. The highest BCUT2D eigenvalue weighted by Crippen LogP contribution is 2.13. The Morgan fingerprint density at radius 2 is 2.25 bits per heavy atom. The standard InChI is InChI=1S/C14H15N3O2S/c1-10-7-13(18)17(9-16-10)5-6-19-12-4-2-3-11(8-12)14(15)20/h2-4,7-9H,5-6H2,1H3,(H2,15,20). The number of aromatic nitrogens is 2. The Hall–Kier alpha value is -2.21. The van der Waals surface area contributed by atoms with E-state index in [0.717, 1.165) is 5.56 Å². The van der Waals surface area contributed by atoms with Gasteiger partial charge in [-0.15, -0.1) is 0 Å². The van der Waals surface area contributed by atoms with Gasteiger partial charge in [0.25, 0.3) is 5.56 Å². The SMILES string of the molecule is Cc1cc(=O)n(CCOc2cccc(C(N)=S)c2)cn1. The second-order valence-electron chi connectivity index (χ2n) is 4.30. The van der Waals surface area contributed by atoms with Crippen molar-refractivity contribution in [1.29, 1.82) is 0 Å². The maximum Gasteiger partial charge on any atom is 0.253 e. The van der Waals surface area contributed by atoms with Crippen LogP contribution in [0.2, 0.25) is 0 Å². The molecule has 0 aliphatic carbocycles. The predicted molar refractivity (Wildman–Crippen MR) is 81.1 cm³/mol. The lowest BCUT2D eigenvalue weighted by atomic mass is 10.2. The van der Waals surface area contributed by atoms with E-state index in [1.54, 1.807) is 13.0 Å². The van der Waals surface area contributed by atoms with Gasteiger partial charge in [-0.05, 0) is 19.1 Å². The van der Waals surface area contributed by atoms with E-state index in [1.165, 1.54) is 17.0 Å². The van der Waals surface area contributed by atoms with Gasteiger partial charge in [0.05, 0.1) is 12.9 Å². The number of rotatable bonds is 5. The van der Waals surface area contributed by atoms with Crippen LogP contribution in [0.25, 0.3) is 0 Å². The molecular formula is C14H15N3O2S. The van der Waals surface area contributed by atoms with Crippen molar-refractivity contribution in [3.8, 4) is 5.75 Å². The van der Waals surface area contributed by atoms with Crippen LogP contribution >= 0.6 is 12.2 Å². The van der Waals surface area contributed by atoms with Crippen molar-refractivity contribution in [2.24, 2.45) is 5.73 Å². The molecule has 0 bridgehead atoms. The number of nitrogens with two attached hydrogens (primary N) is 1. The number of ether oxygens (including phenoxy) is 1. The van der Waals surface area contributed by atoms with Gasteiger partial charge in [0.2, 0.25) is 0 Å². The molecule has 2 aromatic rings. The van der Waals surface area contributed by atoms with Gasteiger partial charge < -0.3 is 10.5 Å². The molecule has 1 heterocycles. The van der Waals surface area contributed by atoms with Crippen molar-refractivity contribution in [3.63, 3.8) is 0 Å². The van der Waals surface area contributed by atoms with Gasteiger partial charge in [0, 0.05) is 17.3 Å². The van der Waals surface area contributed by atoms with Crippen LogP contribution in [0.1, 0.15) is 11.3 Å². The number of hydrogen-bond donors (Lipinski definition) is 1. The lowest BCUT2D eigenvalue weighted by molar-refractivity contribution is 0.295. The first-order valence-electron chi connectivity index (χ1n) is 6.12. The zero-order valence-corrected chi connectivity index (χ0v) is 11.9. The summed E-state index contributed by atoms with van der Waals surface area (Å²) in [6.45, 7) is 2.58. The summed E-state index contributed by atoms with van der Waals surface area (Å²) in [5.74, 6) is 0.670. The smallest absolute Gasteiger partial charge is 0.253 e. The summed E-state index contributed by atoms with van der Waals surface area (Å²) in [6, 6.07) is 8.73. The summed E-state index contributed by atoms with van der Waals surface area (Å²) < 4.78 is 7.09. The summed E-state index contributed by atoms with van der Waals surface area (Å²) in [4.78, 5) is 16.1. The van der Waals surface area contributed by atoms with Crippen LogP contribution in [-0.2, 0) is 6.54 Å². The topological polar surface area (TPSA) is 70.1 Å². The lowest BCUT2D eigenvalue weighted by Gasteiger charge is -2.09. The minimum absolute atomic E-state index is 0.0852. The summed E-state index contributed by atoms with van der Waals surface area (Å²) in [6.07, 6.45) is 1.52. The van der Waals surface area contributed by atoms with Gasteiger partial charge in [-0.2, -0.15) is 0 Å². The summed E-state index contributed by atoms with van der Waals surface area (Å²) >= 11 is 4.91. The van der Waals surface area contributed by atoms with E-state index >= 15 is 0 Å². The molecule has 0 saturated heterocycles. The number of hydrogen-bond acceptors (Lipinski definition) is 4. The van der Waals surface area contributed by atoms with E-state index in [4.69, 9.17) is 22.7 Å². The van der Waals surface area contributed by atoms with Crippen molar-refractivity contribution >= 4 is 17.2 Å². The van der Waals surface area contributed by atoms with Crippen LogP contribution in [0.5, 0.6) is 5.75 Å². The van der Waals surface area contributed by atoms with Crippen LogP contribution in [-0.4, -0.2) is 21.1 Å². The van der Waals surface area contributed by atoms with Crippen LogP contribution < -0.4 is 16.0 Å².